The van der Waals surface area contributed by atoms with Crippen molar-refractivity contribution in [3.8, 4) is 23.0 Å². The molecule has 256 valence electrons. The first-order chi connectivity index (χ1) is 21.9. The zero-order chi connectivity index (χ0) is 33.4. The van der Waals surface area contributed by atoms with E-state index in [1.807, 2.05) is 0 Å². The molecule has 1 aliphatic heterocycles. The van der Waals surface area contributed by atoms with Gasteiger partial charge in [0.2, 0.25) is 0 Å². The summed E-state index contributed by atoms with van der Waals surface area (Å²) in [4.78, 5) is 22.6. The zero-order valence-electron chi connectivity index (χ0n) is 24.3. The van der Waals surface area contributed by atoms with Crippen molar-refractivity contribution in [3.05, 3.63) is 36.4 Å². The van der Waals surface area contributed by atoms with Crippen molar-refractivity contribution in [2.45, 2.75) is 12.4 Å². The number of nitrogens with one attached hydrogen (secondary N) is 2. The molecule has 1 heterocycles. The molecule has 2 aromatic rings. The Morgan fingerprint density at radius 2 is 0.739 bits per heavy atom. The highest BCUT2D eigenvalue weighted by Crippen LogP contribution is 2.33. The number of carbonyl (C=O) groups excluding carboxylic acids is 2. The Labute approximate surface area is 259 Å². The summed E-state index contributed by atoms with van der Waals surface area (Å²) in [5.74, 6) is -3.74. The molecule has 0 atom stereocenters. The lowest BCUT2D eigenvalue weighted by molar-refractivity contribution is -0.167. The maximum Gasteiger partial charge on any atom is 0.471 e. The summed E-state index contributed by atoms with van der Waals surface area (Å²) in [6, 6.07) is 7.55. The van der Waals surface area contributed by atoms with E-state index in [1.54, 1.807) is 10.6 Å². The van der Waals surface area contributed by atoms with Crippen molar-refractivity contribution in [1.29, 1.82) is 0 Å². The number of benzene rings is 2. The fourth-order valence-electron chi connectivity index (χ4n) is 3.53. The first-order valence-corrected chi connectivity index (χ1v) is 13.8. The van der Waals surface area contributed by atoms with E-state index in [0.717, 1.165) is 0 Å². The number of rotatable bonds is 2. The molecule has 0 unspecified atom stereocenters. The number of hydrogen-bond donors (Lipinski definition) is 2. The smallest absolute Gasteiger partial charge is 0.471 e. The van der Waals surface area contributed by atoms with Crippen LogP contribution < -0.4 is 29.6 Å². The molecule has 3 rings (SSSR count). The number of alkyl halides is 6. The second-order valence-corrected chi connectivity index (χ2v) is 9.07. The molecule has 46 heavy (non-hydrogen) atoms. The number of fused-ring (bicyclic) bond motifs is 2. The molecule has 0 radical (unpaired) electrons. The van der Waals surface area contributed by atoms with Crippen LogP contribution >= 0.6 is 0 Å². The van der Waals surface area contributed by atoms with Gasteiger partial charge in [-0.2, -0.15) is 26.3 Å². The van der Waals surface area contributed by atoms with E-state index in [0.29, 0.717) is 0 Å². The normalized spacial score (nSPS) is 16.8. The standard InChI is InChI=1S/C28H32F6N2O10/c29-27(30,31)25(37)35-19-1-3-21-23(17-19)45-15-11-41-7-8-42-12-16-46-24-18-20(36-26(38)28(32,33)34)2-4-22(24)44-14-10-40-6-5-39-9-13-43-21/h1-4,17-18H,5-16H2,(H,35,37)(H,36,38). The SMILES string of the molecule is O=C(Nc1ccc2c(c1)OCCOCCOCCOc1cc(NC(=O)C(F)(F)F)ccc1OCCOCCOCCO2)C(F)(F)F. The van der Waals surface area contributed by atoms with Gasteiger partial charge in [-0.15, -0.1) is 0 Å². The Kier molecular flexibility index (Phi) is 14.4. The van der Waals surface area contributed by atoms with E-state index in [1.165, 1.54) is 36.4 Å². The molecular weight excluding hydrogens is 638 g/mol. The summed E-state index contributed by atoms with van der Waals surface area (Å²) in [6.45, 7) is 1.13. The lowest BCUT2D eigenvalue weighted by Gasteiger charge is -2.16. The van der Waals surface area contributed by atoms with E-state index < -0.39 is 24.2 Å². The molecule has 2 N–H and O–H groups in total. The van der Waals surface area contributed by atoms with Gasteiger partial charge in [-0.3, -0.25) is 9.59 Å². The Bertz CT molecular complexity index is 1170. The molecule has 1 aliphatic rings. The predicted octanol–water partition coefficient (Wildman–Crippen LogP) is 3.98. The number of anilines is 2. The topological polar surface area (TPSA) is 132 Å². The maximum absolute atomic E-state index is 12.7. The van der Waals surface area contributed by atoms with Gasteiger partial charge in [0.25, 0.3) is 0 Å². The average Bonchev–Trinajstić information content (AvgIpc) is 2.99. The fraction of sp³-hybridized carbons (Fsp3) is 0.500. The fourth-order valence-corrected chi connectivity index (χ4v) is 3.53. The number of halogens is 6. The summed E-state index contributed by atoms with van der Waals surface area (Å²) in [5, 5.41) is 3.50. The predicted molar refractivity (Wildman–Crippen MR) is 148 cm³/mol. The summed E-state index contributed by atoms with van der Waals surface area (Å²) in [5.41, 5.74) is -0.312. The highest BCUT2D eigenvalue weighted by atomic mass is 19.4. The quantitative estimate of drug-likeness (QED) is 0.453. The van der Waals surface area contributed by atoms with E-state index in [4.69, 9.17) is 37.9 Å². The van der Waals surface area contributed by atoms with Crippen LogP contribution in [0, 0.1) is 0 Å². The third-order valence-electron chi connectivity index (χ3n) is 5.60. The third kappa shape index (κ3) is 13.2. The minimum Gasteiger partial charge on any atom is -0.487 e. The number of amides is 2. The van der Waals surface area contributed by atoms with Gasteiger partial charge < -0.3 is 48.5 Å². The number of carbonyl (C=O) groups is 2. The lowest BCUT2D eigenvalue weighted by atomic mass is 10.2. The lowest BCUT2D eigenvalue weighted by Crippen LogP contribution is -2.29. The second kappa shape index (κ2) is 18.2. The molecule has 0 saturated carbocycles. The van der Waals surface area contributed by atoms with Crippen molar-refractivity contribution >= 4 is 23.2 Å². The van der Waals surface area contributed by atoms with Crippen molar-refractivity contribution in [2.24, 2.45) is 0 Å². The minimum absolute atomic E-state index is 0.0199. The maximum atomic E-state index is 12.7. The number of hydrogen-bond acceptors (Lipinski definition) is 10. The van der Waals surface area contributed by atoms with Crippen LogP contribution in [0.25, 0.3) is 0 Å². The van der Waals surface area contributed by atoms with Crippen LogP contribution in [0.1, 0.15) is 0 Å². The first-order valence-electron chi connectivity index (χ1n) is 13.8. The van der Waals surface area contributed by atoms with Gasteiger partial charge in [0.05, 0.1) is 52.9 Å². The van der Waals surface area contributed by atoms with Gasteiger partial charge in [-0.05, 0) is 24.3 Å². The molecule has 0 aliphatic carbocycles. The third-order valence-corrected chi connectivity index (χ3v) is 5.60. The summed E-state index contributed by atoms with van der Waals surface area (Å²) in [7, 11) is 0. The molecule has 0 saturated heterocycles. The van der Waals surface area contributed by atoms with E-state index in [-0.39, 0.29) is 114 Å². The van der Waals surface area contributed by atoms with Crippen LogP contribution in [-0.4, -0.2) is 103 Å². The highest BCUT2D eigenvalue weighted by Gasteiger charge is 2.39. The van der Waals surface area contributed by atoms with E-state index in [9.17, 15) is 35.9 Å². The average molecular weight is 671 g/mol. The molecule has 2 amide bonds. The Hall–Kier alpha value is -4.00. The molecule has 18 heteroatoms. The Balaban J connectivity index is 1.57. The first kappa shape index (κ1) is 36.5. The van der Waals surface area contributed by atoms with Crippen LogP contribution in [-0.2, 0) is 28.5 Å². The van der Waals surface area contributed by atoms with Crippen LogP contribution in [0.15, 0.2) is 36.4 Å². The molecule has 0 spiro atoms. The molecule has 12 nitrogen and oxygen atoms in total. The summed E-state index contributed by atoms with van der Waals surface area (Å²) in [6.07, 6.45) is -10.1. The Morgan fingerprint density at radius 3 is 1.04 bits per heavy atom. The van der Waals surface area contributed by atoms with Crippen LogP contribution in [0.4, 0.5) is 37.7 Å². The minimum atomic E-state index is -5.07. The molecular formula is C28H32F6N2O10. The largest absolute Gasteiger partial charge is 0.487 e. The van der Waals surface area contributed by atoms with Crippen LogP contribution in [0.3, 0.4) is 0 Å². The van der Waals surface area contributed by atoms with Crippen molar-refractivity contribution < 1.29 is 73.8 Å². The molecule has 2 aromatic carbocycles. The molecule has 0 aromatic heterocycles. The van der Waals surface area contributed by atoms with E-state index >= 15 is 0 Å². The van der Waals surface area contributed by atoms with Crippen molar-refractivity contribution in [3.63, 3.8) is 0 Å². The summed E-state index contributed by atoms with van der Waals surface area (Å²) >= 11 is 0. The van der Waals surface area contributed by atoms with Crippen LogP contribution in [0.2, 0.25) is 0 Å². The molecule has 0 bridgehead atoms. The monoisotopic (exact) mass is 670 g/mol. The summed E-state index contributed by atoms with van der Waals surface area (Å²) < 4.78 is 120. The van der Waals surface area contributed by atoms with Gasteiger partial charge in [-0.25, -0.2) is 0 Å². The van der Waals surface area contributed by atoms with Crippen molar-refractivity contribution in [1.82, 2.24) is 0 Å². The van der Waals surface area contributed by atoms with Gasteiger partial charge in [-0.1, -0.05) is 0 Å². The van der Waals surface area contributed by atoms with E-state index in [2.05, 4.69) is 0 Å². The van der Waals surface area contributed by atoms with Gasteiger partial charge in [0.1, 0.15) is 26.4 Å². The second-order valence-electron chi connectivity index (χ2n) is 9.07. The van der Waals surface area contributed by atoms with Crippen molar-refractivity contribution in [2.75, 3.05) is 89.9 Å². The van der Waals surface area contributed by atoms with Gasteiger partial charge in [0.15, 0.2) is 23.0 Å². The zero-order valence-corrected chi connectivity index (χ0v) is 24.3. The Morgan fingerprint density at radius 1 is 0.457 bits per heavy atom. The highest BCUT2D eigenvalue weighted by molar-refractivity contribution is 5.95. The van der Waals surface area contributed by atoms with Gasteiger partial charge >= 0.3 is 24.2 Å². The van der Waals surface area contributed by atoms with Crippen LogP contribution in [0.5, 0.6) is 23.0 Å². The number of ether oxygens (including phenoxy) is 8. The molecule has 0 fully saturated rings. The van der Waals surface area contributed by atoms with Gasteiger partial charge in [0, 0.05) is 23.5 Å².